The highest BCUT2D eigenvalue weighted by molar-refractivity contribution is 9.10. The number of aromatic nitrogens is 1. The Hall–Kier alpha value is -1.33. The summed E-state index contributed by atoms with van der Waals surface area (Å²) in [7, 11) is 0. The van der Waals surface area contributed by atoms with Crippen LogP contribution in [0.5, 0.6) is 0 Å². The second-order valence-electron chi connectivity index (χ2n) is 3.78. The Morgan fingerprint density at radius 1 is 1.39 bits per heavy atom. The number of hydrogen-bond acceptors (Lipinski definition) is 3. The summed E-state index contributed by atoms with van der Waals surface area (Å²) >= 11 is 4.95. The largest absolute Gasteiger partial charge is 0.384 e. The first kappa shape index (κ1) is 13.1. The number of nitrogen functional groups attached to an aromatic ring is 1. The summed E-state index contributed by atoms with van der Waals surface area (Å²) < 4.78 is 1.02. The smallest absolute Gasteiger partial charge is 0.125 e. The van der Waals surface area contributed by atoms with Gasteiger partial charge in [0, 0.05) is 15.6 Å². The van der Waals surface area contributed by atoms with Crippen molar-refractivity contribution in [3.05, 3.63) is 52.1 Å². The molecule has 0 radical (unpaired) electrons. The molecule has 0 bridgehead atoms. The fraction of sp³-hybridized carbons (Fsp3) is 0.0769. The minimum Gasteiger partial charge on any atom is -0.384 e. The molecule has 0 unspecified atom stereocenters. The van der Waals surface area contributed by atoms with Crippen LogP contribution in [0.2, 0.25) is 0 Å². The van der Waals surface area contributed by atoms with Crippen LogP contribution in [0, 0.1) is 12.3 Å². The van der Waals surface area contributed by atoms with E-state index in [-0.39, 0.29) is 5.84 Å². The second kappa shape index (κ2) is 5.54. The van der Waals surface area contributed by atoms with Crippen LogP contribution < -0.4 is 5.73 Å². The van der Waals surface area contributed by atoms with Gasteiger partial charge in [0.2, 0.25) is 0 Å². The molecule has 3 nitrogen and oxygen atoms in total. The van der Waals surface area contributed by atoms with E-state index in [4.69, 9.17) is 11.1 Å². The Morgan fingerprint density at radius 3 is 2.83 bits per heavy atom. The first-order chi connectivity index (χ1) is 8.58. The van der Waals surface area contributed by atoms with E-state index in [1.165, 1.54) is 11.8 Å². The molecule has 0 saturated carbocycles. The third-order valence-electron chi connectivity index (χ3n) is 2.40. The van der Waals surface area contributed by atoms with Crippen LogP contribution in [0.3, 0.4) is 0 Å². The van der Waals surface area contributed by atoms with E-state index in [9.17, 15) is 0 Å². The maximum Gasteiger partial charge on any atom is 0.125 e. The van der Waals surface area contributed by atoms with Gasteiger partial charge >= 0.3 is 0 Å². The number of hydrogen-bond donors (Lipinski definition) is 2. The van der Waals surface area contributed by atoms with E-state index >= 15 is 0 Å². The predicted octanol–water partition coefficient (Wildman–Crippen LogP) is 3.59. The van der Waals surface area contributed by atoms with Crippen molar-refractivity contribution in [2.75, 3.05) is 0 Å². The van der Waals surface area contributed by atoms with Crippen LogP contribution >= 0.6 is 27.7 Å². The summed E-state index contributed by atoms with van der Waals surface area (Å²) in [6.45, 7) is 1.93. The van der Waals surface area contributed by atoms with Crippen molar-refractivity contribution >= 4 is 33.5 Å². The third kappa shape index (κ3) is 2.91. The quantitative estimate of drug-likeness (QED) is 0.670. The third-order valence-corrected chi connectivity index (χ3v) is 3.89. The fourth-order valence-electron chi connectivity index (χ4n) is 1.58. The highest BCUT2D eigenvalue weighted by Crippen LogP contribution is 2.31. The number of benzene rings is 1. The molecule has 0 aliphatic carbocycles. The Kier molecular flexibility index (Phi) is 4.04. The topological polar surface area (TPSA) is 62.8 Å². The molecule has 0 atom stereocenters. The standard InChI is InChI=1S/C13H12BrN3S/c1-8-5-6-17-13(11(8)12(15)16)18-10-4-2-3-9(14)7-10/h2-7H,1H3,(H3,15,16). The minimum absolute atomic E-state index is 0.0538. The summed E-state index contributed by atoms with van der Waals surface area (Å²) in [5.74, 6) is 0.0538. The van der Waals surface area contributed by atoms with Gasteiger partial charge in [-0.3, -0.25) is 5.41 Å². The maximum atomic E-state index is 7.64. The number of halogens is 1. The molecule has 0 saturated heterocycles. The normalized spacial score (nSPS) is 10.3. The lowest BCUT2D eigenvalue weighted by Crippen LogP contribution is -2.14. The minimum atomic E-state index is 0.0538. The number of rotatable bonds is 3. The molecule has 0 aliphatic rings. The Labute approximate surface area is 118 Å². The van der Waals surface area contributed by atoms with Crippen LogP contribution in [0.1, 0.15) is 11.1 Å². The number of amidine groups is 1. The zero-order valence-electron chi connectivity index (χ0n) is 9.77. The maximum absolute atomic E-state index is 7.64. The van der Waals surface area contributed by atoms with Crippen molar-refractivity contribution in [1.82, 2.24) is 4.98 Å². The van der Waals surface area contributed by atoms with Crippen LogP contribution in [0.15, 0.2) is 50.9 Å². The monoisotopic (exact) mass is 321 g/mol. The first-order valence-electron chi connectivity index (χ1n) is 5.31. The van der Waals surface area contributed by atoms with Gasteiger partial charge in [-0.2, -0.15) is 0 Å². The number of aryl methyl sites for hydroxylation is 1. The predicted molar refractivity (Wildman–Crippen MR) is 78.3 cm³/mol. The SMILES string of the molecule is Cc1ccnc(Sc2cccc(Br)c2)c1C(=N)N. The second-order valence-corrected chi connectivity index (χ2v) is 5.76. The number of pyridine rings is 1. The Bertz CT molecular complexity index is 599. The molecule has 5 heteroatoms. The van der Waals surface area contributed by atoms with E-state index in [0.717, 1.165) is 20.0 Å². The molecule has 92 valence electrons. The molecule has 1 aromatic carbocycles. The highest BCUT2D eigenvalue weighted by atomic mass is 79.9. The van der Waals surface area contributed by atoms with Gasteiger partial charge in [-0.05, 0) is 36.8 Å². The van der Waals surface area contributed by atoms with E-state index in [0.29, 0.717) is 5.56 Å². The van der Waals surface area contributed by atoms with Gasteiger partial charge in [0.1, 0.15) is 10.9 Å². The lowest BCUT2D eigenvalue weighted by Gasteiger charge is -2.09. The molecule has 0 spiro atoms. The van der Waals surface area contributed by atoms with Crippen LogP contribution in [-0.2, 0) is 0 Å². The number of nitrogens with zero attached hydrogens (tertiary/aromatic N) is 1. The van der Waals surface area contributed by atoms with E-state index < -0.39 is 0 Å². The molecule has 0 aliphatic heterocycles. The molecule has 3 N–H and O–H groups in total. The van der Waals surface area contributed by atoms with Gasteiger partial charge in [0.15, 0.2) is 0 Å². The lowest BCUT2D eigenvalue weighted by atomic mass is 10.1. The van der Waals surface area contributed by atoms with Crippen molar-refractivity contribution in [2.24, 2.45) is 5.73 Å². The molecule has 0 amide bonds. The zero-order valence-corrected chi connectivity index (χ0v) is 12.2. The number of nitrogens with one attached hydrogen (secondary N) is 1. The van der Waals surface area contributed by atoms with Gasteiger partial charge in [0.05, 0.1) is 5.56 Å². The summed E-state index contributed by atoms with van der Waals surface area (Å²) in [5.41, 5.74) is 7.30. The van der Waals surface area contributed by atoms with Gasteiger partial charge < -0.3 is 5.73 Å². The first-order valence-corrected chi connectivity index (χ1v) is 6.92. The van der Waals surface area contributed by atoms with Gasteiger partial charge in [-0.15, -0.1) is 0 Å². The molecule has 0 fully saturated rings. The molecular formula is C13H12BrN3S. The fourth-order valence-corrected chi connectivity index (χ4v) is 3.17. The lowest BCUT2D eigenvalue weighted by molar-refractivity contribution is 1.09. The van der Waals surface area contributed by atoms with Crippen molar-refractivity contribution in [2.45, 2.75) is 16.8 Å². The van der Waals surface area contributed by atoms with Gasteiger partial charge in [0.25, 0.3) is 0 Å². The van der Waals surface area contributed by atoms with Crippen molar-refractivity contribution < 1.29 is 0 Å². The highest BCUT2D eigenvalue weighted by Gasteiger charge is 2.11. The molecule has 18 heavy (non-hydrogen) atoms. The van der Waals surface area contributed by atoms with Crippen LogP contribution in [-0.4, -0.2) is 10.8 Å². The van der Waals surface area contributed by atoms with Crippen molar-refractivity contribution in [3.63, 3.8) is 0 Å². The summed E-state index contributed by atoms with van der Waals surface area (Å²) in [5, 5.41) is 8.40. The summed E-state index contributed by atoms with van der Waals surface area (Å²) in [4.78, 5) is 5.37. The van der Waals surface area contributed by atoms with Crippen LogP contribution in [0.4, 0.5) is 0 Å². The average molecular weight is 322 g/mol. The van der Waals surface area contributed by atoms with Crippen molar-refractivity contribution in [1.29, 1.82) is 5.41 Å². The molecular weight excluding hydrogens is 310 g/mol. The Balaban J connectivity index is 2.40. The molecule has 2 rings (SSSR count). The number of nitrogens with two attached hydrogens (primary N) is 1. The van der Waals surface area contributed by atoms with E-state index in [2.05, 4.69) is 20.9 Å². The average Bonchev–Trinajstić information content (AvgIpc) is 2.28. The molecule has 1 aromatic heterocycles. The Morgan fingerprint density at radius 2 is 2.17 bits per heavy atom. The van der Waals surface area contributed by atoms with Gasteiger partial charge in [-0.25, -0.2) is 4.98 Å². The zero-order chi connectivity index (χ0) is 13.1. The van der Waals surface area contributed by atoms with Gasteiger partial charge in [-0.1, -0.05) is 33.8 Å². The van der Waals surface area contributed by atoms with E-state index in [1.54, 1.807) is 6.20 Å². The van der Waals surface area contributed by atoms with Crippen LogP contribution in [0.25, 0.3) is 0 Å². The molecule has 1 heterocycles. The van der Waals surface area contributed by atoms with E-state index in [1.807, 2.05) is 37.3 Å². The molecule has 2 aromatic rings. The van der Waals surface area contributed by atoms with Crippen molar-refractivity contribution in [3.8, 4) is 0 Å². The summed E-state index contributed by atoms with van der Waals surface area (Å²) in [6, 6.07) is 9.82. The summed E-state index contributed by atoms with van der Waals surface area (Å²) in [6.07, 6.45) is 1.74.